The number of nitrogens with zero attached hydrogens (tertiary/aromatic N) is 2. The van der Waals surface area contributed by atoms with E-state index in [1.165, 1.54) is 12.1 Å². The summed E-state index contributed by atoms with van der Waals surface area (Å²) in [5, 5.41) is 2.99. The number of halogens is 1. The summed E-state index contributed by atoms with van der Waals surface area (Å²) in [6, 6.07) is 12.3. The Morgan fingerprint density at radius 2 is 2.08 bits per heavy atom. The Kier molecular flexibility index (Phi) is 3.76. The second-order valence-corrected chi connectivity index (χ2v) is 6.24. The number of carbonyl (C=O) groups excluding carboxylic acids is 1. The third kappa shape index (κ3) is 3.02. The van der Waals surface area contributed by atoms with Gasteiger partial charge in [0.05, 0.1) is 5.69 Å². The zero-order valence-corrected chi connectivity index (χ0v) is 13.2. The number of hydrogen-bond donors (Lipinski definition) is 1. The summed E-state index contributed by atoms with van der Waals surface area (Å²) in [4.78, 5) is 16.7. The predicted molar refractivity (Wildman–Crippen MR) is 89.2 cm³/mol. The van der Waals surface area contributed by atoms with Gasteiger partial charge in [0.1, 0.15) is 11.5 Å². The smallest absolute Gasteiger partial charge is 0.223 e. The second kappa shape index (κ2) is 6.07. The molecule has 24 heavy (non-hydrogen) atoms. The summed E-state index contributed by atoms with van der Waals surface area (Å²) >= 11 is 0. The molecule has 3 aromatic rings. The largest absolute Gasteiger partial charge is 0.355 e. The maximum Gasteiger partial charge on any atom is 0.223 e. The molecule has 2 heterocycles. The van der Waals surface area contributed by atoms with E-state index < -0.39 is 0 Å². The Hall–Kier alpha value is -2.69. The Morgan fingerprint density at radius 1 is 1.25 bits per heavy atom. The van der Waals surface area contributed by atoms with Crippen LogP contribution in [0.2, 0.25) is 0 Å². The van der Waals surface area contributed by atoms with Gasteiger partial charge in [0.25, 0.3) is 0 Å². The molecule has 2 aromatic heterocycles. The van der Waals surface area contributed by atoms with E-state index in [-0.39, 0.29) is 23.6 Å². The number of amides is 1. The first kappa shape index (κ1) is 14.9. The van der Waals surface area contributed by atoms with Gasteiger partial charge in [-0.3, -0.25) is 4.79 Å². The van der Waals surface area contributed by atoms with Crippen LogP contribution in [0, 0.1) is 11.7 Å². The molecule has 122 valence electrons. The van der Waals surface area contributed by atoms with Crippen molar-refractivity contribution in [3.63, 3.8) is 0 Å². The van der Waals surface area contributed by atoms with Crippen LogP contribution in [0.4, 0.5) is 4.39 Å². The van der Waals surface area contributed by atoms with Gasteiger partial charge in [-0.05, 0) is 42.2 Å². The van der Waals surface area contributed by atoms with Crippen molar-refractivity contribution in [2.75, 3.05) is 6.54 Å². The molecule has 0 unspecified atom stereocenters. The van der Waals surface area contributed by atoms with Gasteiger partial charge in [-0.25, -0.2) is 9.37 Å². The number of rotatable bonds is 5. The molecule has 0 radical (unpaired) electrons. The first-order valence-electron chi connectivity index (χ1n) is 8.16. The molecule has 0 bridgehead atoms. The minimum absolute atomic E-state index is 0.0107. The molecule has 1 aliphatic carbocycles. The summed E-state index contributed by atoms with van der Waals surface area (Å²) in [5.74, 6) is 0.0678. The number of benzene rings is 1. The molecule has 2 atom stereocenters. The van der Waals surface area contributed by atoms with Crippen molar-refractivity contribution in [2.24, 2.45) is 5.92 Å². The predicted octanol–water partition coefficient (Wildman–Crippen LogP) is 2.94. The molecular formula is C19H18FN3O. The monoisotopic (exact) mass is 323 g/mol. The molecule has 1 aromatic carbocycles. The van der Waals surface area contributed by atoms with Crippen molar-refractivity contribution < 1.29 is 9.18 Å². The molecule has 0 spiro atoms. The molecule has 1 fully saturated rings. The molecule has 0 aliphatic heterocycles. The first-order chi connectivity index (χ1) is 11.7. The summed E-state index contributed by atoms with van der Waals surface area (Å²) in [5.41, 5.74) is 2.92. The average molecular weight is 323 g/mol. The molecule has 1 saturated carbocycles. The van der Waals surface area contributed by atoms with Gasteiger partial charge in [-0.2, -0.15) is 0 Å². The fraction of sp³-hybridized carbons (Fsp3) is 0.263. The van der Waals surface area contributed by atoms with Crippen LogP contribution in [0.25, 0.3) is 5.65 Å². The van der Waals surface area contributed by atoms with Gasteiger partial charge in [0.2, 0.25) is 5.91 Å². The summed E-state index contributed by atoms with van der Waals surface area (Å²) in [6.07, 6.45) is 5.50. The minimum atomic E-state index is -0.243. The van der Waals surface area contributed by atoms with E-state index in [0.29, 0.717) is 13.0 Å². The Labute approximate surface area is 139 Å². The molecule has 1 amide bonds. The highest BCUT2D eigenvalue weighted by atomic mass is 19.1. The van der Waals surface area contributed by atoms with Crippen LogP contribution in [0.5, 0.6) is 0 Å². The van der Waals surface area contributed by atoms with Crippen LogP contribution in [0.3, 0.4) is 0 Å². The summed E-state index contributed by atoms with van der Waals surface area (Å²) < 4.78 is 14.9. The fourth-order valence-corrected chi connectivity index (χ4v) is 3.12. The fourth-order valence-electron chi connectivity index (χ4n) is 3.12. The van der Waals surface area contributed by atoms with E-state index in [0.717, 1.165) is 23.3 Å². The number of carbonyl (C=O) groups is 1. The SMILES string of the molecule is O=C(NCCc1cn2ccccc2n1)[C@H]1C[C@H]1c1ccc(F)cc1. The summed E-state index contributed by atoms with van der Waals surface area (Å²) in [7, 11) is 0. The van der Waals surface area contributed by atoms with Crippen molar-refractivity contribution in [3.8, 4) is 0 Å². The van der Waals surface area contributed by atoms with Gasteiger partial charge in [0, 0.05) is 31.3 Å². The number of imidazole rings is 1. The van der Waals surface area contributed by atoms with Crippen LogP contribution in [-0.2, 0) is 11.2 Å². The zero-order chi connectivity index (χ0) is 16.5. The number of nitrogens with one attached hydrogen (secondary N) is 1. The van der Waals surface area contributed by atoms with E-state index >= 15 is 0 Å². The quantitative estimate of drug-likeness (QED) is 0.785. The number of aromatic nitrogens is 2. The van der Waals surface area contributed by atoms with Crippen LogP contribution in [0.15, 0.2) is 54.9 Å². The Bertz CT molecular complexity index is 839. The number of hydrogen-bond acceptors (Lipinski definition) is 2. The Morgan fingerprint density at radius 3 is 2.88 bits per heavy atom. The second-order valence-electron chi connectivity index (χ2n) is 6.24. The lowest BCUT2D eigenvalue weighted by atomic mass is 10.1. The molecular weight excluding hydrogens is 305 g/mol. The zero-order valence-electron chi connectivity index (χ0n) is 13.2. The van der Waals surface area contributed by atoms with Crippen molar-refractivity contribution >= 4 is 11.6 Å². The van der Waals surface area contributed by atoms with Crippen molar-refractivity contribution in [3.05, 3.63) is 71.9 Å². The highest BCUT2D eigenvalue weighted by Crippen LogP contribution is 2.47. The molecule has 0 saturated heterocycles. The molecule has 1 aliphatic rings. The maximum atomic E-state index is 12.9. The topological polar surface area (TPSA) is 46.4 Å². The minimum Gasteiger partial charge on any atom is -0.355 e. The molecule has 5 heteroatoms. The van der Waals surface area contributed by atoms with E-state index in [1.807, 2.05) is 35.0 Å². The van der Waals surface area contributed by atoms with Crippen LogP contribution in [0.1, 0.15) is 23.6 Å². The number of pyridine rings is 1. The number of fused-ring (bicyclic) bond motifs is 1. The van der Waals surface area contributed by atoms with Gasteiger partial charge in [0.15, 0.2) is 0 Å². The lowest BCUT2D eigenvalue weighted by Gasteiger charge is -2.04. The van der Waals surface area contributed by atoms with Gasteiger partial charge in [-0.15, -0.1) is 0 Å². The van der Waals surface area contributed by atoms with Crippen molar-refractivity contribution in [1.29, 1.82) is 0 Å². The van der Waals surface area contributed by atoms with Gasteiger partial charge < -0.3 is 9.72 Å². The average Bonchev–Trinajstić information content (AvgIpc) is 3.28. The summed E-state index contributed by atoms with van der Waals surface area (Å²) in [6.45, 7) is 0.579. The normalized spacial score (nSPS) is 19.4. The lowest BCUT2D eigenvalue weighted by Crippen LogP contribution is -2.27. The van der Waals surface area contributed by atoms with E-state index in [9.17, 15) is 9.18 Å². The Balaban J connectivity index is 1.29. The van der Waals surface area contributed by atoms with Gasteiger partial charge in [-0.1, -0.05) is 18.2 Å². The lowest BCUT2D eigenvalue weighted by molar-refractivity contribution is -0.122. The van der Waals surface area contributed by atoms with Crippen LogP contribution < -0.4 is 5.32 Å². The van der Waals surface area contributed by atoms with E-state index in [1.54, 1.807) is 12.1 Å². The maximum absolute atomic E-state index is 12.9. The molecule has 1 N–H and O–H groups in total. The van der Waals surface area contributed by atoms with Crippen molar-refractivity contribution in [1.82, 2.24) is 14.7 Å². The highest BCUT2D eigenvalue weighted by Gasteiger charge is 2.43. The highest BCUT2D eigenvalue weighted by molar-refractivity contribution is 5.82. The standard InChI is InChI=1S/C19H18FN3O/c20-14-6-4-13(5-7-14)16-11-17(16)19(24)21-9-8-15-12-23-10-2-1-3-18(23)22-15/h1-7,10,12,16-17H,8-9,11H2,(H,21,24)/t16-,17-/m0/s1. The van der Waals surface area contributed by atoms with Crippen LogP contribution in [-0.4, -0.2) is 21.8 Å². The molecule has 4 nitrogen and oxygen atoms in total. The first-order valence-corrected chi connectivity index (χ1v) is 8.16. The van der Waals surface area contributed by atoms with E-state index in [4.69, 9.17) is 0 Å². The van der Waals surface area contributed by atoms with Gasteiger partial charge >= 0.3 is 0 Å². The van der Waals surface area contributed by atoms with Crippen LogP contribution >= 0.6 is 0 Å². The van der Waals surface area contributed by atoms with Crippen molar-refractivity contribution in [2.45, 2.75) is 18.8 Å². The van der Waals surface area contributed by atoms with E-state index in [2.05, 4.69) is 10.3 Å². The third-order valence-corrected chi connectivity index (χ3v) is 4.52. The molecule has 4 rings (SSSR count). The third-order valence-electron chi connectivity index (χ3n) is 4.52.